The fourth-order valence-corrected chi connectivity index (χ4v) is 2.66. The predicted octanol–water partition coefficient (Wildman–Crippen LogP) is 2.30. The first-order valence-corrected chi connectivity index (χ1v) is 7.46. The molecule has 6 heteroatoms. The number of carbonyl (C=O) groups is 1. The maximum Gasteiger partial charge on any atom is 0.251 e. The molecule has 106 valence electrons. The monoisotopic (exact) mass is 298 g/mol. The second-order valence-corrected chi connectivity index (χ2v) is 5.49. The van der Waals surface area contributed by atoms with E-state index >= 15 is 0 Å². The van der Waals surface area contributed by atoms with Crippen molar-refractivity contribution in [3.63, 3.8) is 0 Å². The third kappa shape index (κ3) is 3.35. The summed E-state index contributed by atoms with van der Waals surface area (Å²) in [5.41, 5.74) is 0.597. The molecule has 0 radical (unpaired) electrons. The Balaban J connectivity index is 1.63. The van der Waals surface area contributed by atoms with E-state index in [9.17, 15) is 4.79 Å². The van der Waals surface area contributed by atoms with Crippen molar-refractivity contribution in [1.29, 1.82) is 0 Å². The molecule has 3 aromatic heterocycles. The van der Waals surface area contributed by atoms with E-state index in [0.717, 1.165) is 6.42 Å². The van der Waals surface area contributed by atoms with Crippen molar-refractivity contribution in [2.75, 3.05) is 6.54 Å². The fourth-order valence-electron chi connectivity index (χ4n) is 1.95. The molecule has 0 aliphatic rings. The minimum Gasteiger partial charge on any atom is -0.352 e. The zero-order valence-corrected chi connectivity index (χ0v) is 12.1. The first-order valence-electron chi connectivity index (χ1n) is 6.58. The van der Waals surface area contributed by atoms with Crippen LogP contribution in [0.5, 0.6) is 0 Å². The lowest BCUT2D eigenvalue weighted by molar-refractivity contribution is 0.0954. The molecule has 1 amide bonds. The minimum atomic E-state index is -0.0877. The maximum atomic E-state index is 12.1. The molecule has 5 nitrogen and oxygen atoms in total. The Hall–Kier alpha value is -2.47. The maximum absolute atomic E-state index is 12.1. The van der Waals surface area contributed by atoms with Crippen LogP contribution in [0.1, 0.15) is 15.2 Å². The molecule has 0 bridgehead atoms. The summed E-state index contributed by atoms with van der Waals surface area (Å²) in [5, 5.41) is 4.96. The number of nitrogens with zero attached hydrogens (tertiary/aromatic N) is 3. The van der Waals surface area contributed by atoms with Gasteiger partial charge in [-0.25, -0.2) is 9.97 Å². The van der Waals surface area contributed by atoms with Crippen LogP contribution in [0.3, 0.4) is 0 Å². The zero-order valence-electron chi connectivity index (χ0n) is 11.3. The van der Waals surface area contributed by atoms with Gasteiger partial charge in [-0.15, -0.1) is 11.3 Å². The zero-order chi connectivity index (χ0) is 14.5. The molecule has 0 fully saturated rings. The number of hydrogen-bond acceptors (Lipinski definition) is 4. The summed E-state index contributed by atoms with van der Waals surface area (Å²) in [5.74, 6) is 0.591. The average molecular weight is 298 g/mol. The number of imidazole rings is 1. The summed E-state index contributed by atoms with van der Waals surface area (Å²) in [4.78, 5) is 21.6. The Bertz CT molecular complexity index is 707. The van der Waals surface area contributed by atoms with Crippen LogP contribution in [0.15, 0.2) is 54.6 Å². The first-order chi connectivity index (χ1) is 10.3. The van der Waals surface area contributed by atoms with Gasteiger partial charge in [0.2, 0.25) is 0 Å². The molecular weight excluding hydrogens is 284 g/mol. The topological polar surface area (TPSA) is 59.8 Å². The molecule has 3 heterocycles. The number of rotatable bonds is 5. The van der Waals surface area contributed by atoms with Gasteiger partial charge in [-0.3, -0.25) is 9.36 Å². The van der Waals surface area contributed by atoms with Gasteiger partial charge in [0.1, 0.15) is 12.1 Å². The van der Waals surface area contributed by atoms with Gasteiger partial charge >= 0.3 is 0 Å². The molecular formula is C15H14N4OS. The van der Waals surface area contributed by atoms with Gasteiger partial charge in [0.15, 0.2) is 0 Å². The largest absolute Gasteiger partial charge is 0.352 e. The summed E-state index contributed by atoms with van der Waals surface area (Å²) in [6.45, 7) is 0.627. The van der Waals surface area contributed by atoms with Crippen LogP contribution >= 0.6 is 11.3 Å². The number of thiophene rings is 1. The van der Waals surface area contributed by atoms with Gasteiger partial charge in [0.25, 0.3) is 5.91 Å². The van der Waals surface area contributed by atoms with E-state index < -0.39 is 0 Å². The SMILES string of the molecule is O=C(NCCc1cccs1)c1ccnc(-n2ccnc2)c1. The quantitative estimate of drug-likeness (QED) is 0.786. The number of hydrogen-bond donors (Lipinski definition) is 1. The highest BCUT2D eigenvalue weighted by Crippen LogP contribution is 2.09. The first kappa shape index (κ1) is 13.5. The molecule has 3 rings (SSSR count). The molecule has 0 atom stereocenters. The Morgan fingerprint density at radius 3 is 3.05 bits per heavy atom. The summed E-state index contributed by atoms with van der Waals surface area (Å²) in [6, 6.07) is 7.55. The van der Waals surface area contributed by atoms with Crippen molar-refractivity contribution in [3.8, 4) is 5.82 Å². The predicted molar refractivity (Wildman–Crippen MR) is 81.7 cm³/mol. The lowest BCUT2D eigenvalue weighted by atomic mass is 10.2. The normalized spacial score (nSPS) is 10.5. The molecule has 0 aliphatic heterocycles. The van der Waals surface area contributed by atoms with Crippen LogP contribution in [-0.4, -0.2) is 27.0 Å². The molecule has 21 heavy (non-hydrogen) atoms. The molecule has 0 spiro atoms. The molecule has 0 aromatic carbocycles. The van der Waals surface area contributed by atoms with Crippen molar-refractivity contribution in [2.45, 2.75) is 6.42 Å². The third-order valence-electron chi connectivity index (χ3n) is 3.01. The third-order valence-corrected chi connectivity index (χ3v) is 3.95. The van der Waals surface area contributed by atoms with Crippen molar-refractivity contribution in [3.05, 3.63) is 65.0 Å². The van der Waals surface area contributed by atoms with E-state index in [1.54, 1.807) is 53.0 Å². The molecule has 0 saturated carbocycles. The van der Waals surface area contributed by atoms with Crippen LogP contribution in [-0.2, 0) is 6.42 Å². The highest BCUT2D eigenvalue weighted by molar-refractivity contribution is 7.09. The second kappa shape index (κ2) is 6.32. The van der Waals surface area contributed by atoms with Crippen LogP contribution in [0, 0.1) is 0 Å². The van der Waals surface area contributed by atoms with Gasteiger partial charge in [-0.05, 0) is 30.0 Å². The van der Waals surface area contributed by atoms with E-state index in [4.69, 9.17) is 0 Å². The minimum absolute atomic E-state index is 0.0877. The van der Waals surface area contributed by atoms with Gasteiger partial charge in [-0.2, -0.15) is 0 Å². The van der Waals surface area contributed by atoms with Crippen LogP contribution in [0.4, 0.5) is 0 Å². The lowest BCUT2D eigenvalue weighted by Crippen LogP contribution is -2.25. The molecule has 1 N–H and O–H groups in total. The number of nitrogens with one attached hydrogen (secondary N) is 1. The van der Waals surface area contributed by atoms with Crippen LogP contribution in [0.2, 0.25) is 0 Å². The van der Waals surface area contributed by atoms with Crippen molar-refractivity contribution in [2.24, 2.45) is 0 Å². The molecule has 0 unspecified atom stereocenters. The summed E-state index contributed by atoms with van der Waals surface area (Å²) in [7, 11) is 0. The van der Waals surface area contributed by atoms with E-state index in [-0.39, 0.29) is 5.91 Å². The molecule has 3 aromatic rings. The highest BCUT2D eigenvalue weighted by atomic mass is 32.1. The smallest absolute Gasteiger partial charge is 0.251 e. The summed E-state index contributed by atoms with van der Waals surface area (Å²) in [6.07, 6.45) is 7.60. The van der Waals surface area contributed by atoms with Crippen LogP contribution in [0.25, 0.3) is 5.82 Å². The standard InChI is InChI=1S/C15H14N4OS/c20-15(18-6-4-13-2-1-9-21-13)12-3-5-17-14(10-12)19-8-7-16-11-19/h1-3,5,7-11H,4,6H2,(H,18,20). The Morgan fingerprint density at radius 2 is 2.29 bits per heavy atom. The number of amides is 1. The Kier molecular flexibility index (Phi) is 4.07. The van der Waals surface area contributed by atoms with Gasteiger partial charge in [0.05, 0.1) is 0 Å². The number of pyridine rings is 1. The van der Waals surface area contributed by atoms with Crippen molar-refractivity contribution >= 4 is 17.2 Å². The van der Waals surface area contributed by atoms with Gasteiger partial charge in [0, 0.05) is 35.6 Å². The van der Waals surface area contributed by atoms with Gasteiger partial charge in [-0.1, -0.05) is 6.07 Å². The van der Waals surface area contributed by atoms with E-state index in [2.05, 4.69) is 21.4 Å². The summed E-state index contributed by atoms with van der Waals surface area (Å²) >= 11 is 1.70. The summed E-state index contributed by atoms with van der Waals surface area (Å²) < 4.78 is 1.77. The van der Waals surface area contributed by atoms with Crippen LogP contribution < -0.4 is 5.32 Å². The van der Waals surface area contributed by atoms with Gasteiger partial charge < -0.3 is 5.32 Å². The Morgan fingerprint density at radius 1 is 1.33 bits per heavy atom. The average Bonchev–Trinajstić information content (AvgIpc) is 3.21. The molecule has 0 aliphatic carbocycles. The highest BCUT2D eigenvalue weighted by Gasteiger charge is 2.07. The second-order valence-electron chi connectivity index (χ2n) is 4.46. The fraction of sp³-hybridized carbons (Fsp3) is 0.133. The molecule has 0 saturated heterocycles. The lowest BCUT2D eigenvalue weighted by Gasteiger charge is -2.06. The van der Waals surface area contributed by atoms with E-state index in [0.29, 0.717) is 17.9 Å². The van der Waals surface area contributed by atoms with E-state index in [1.807, 2.05) is 11.4 Å². The van der Waals surface area contributed by atoms with E-state index in [1.165, 1.54) is 4.88 Å². The number of aromatic nitrogens is 3. The van der Waals surface area contributed by atoms with Crippen molar-refractivity contribution < 1.29 is 4.79 Å². The number of carbonyl (C=O) groups excluding carboxylic acids is 1. The van der Waals surface area contributed by atoms with Crippen molar-refractivity contribution in [1.82, 2.24) is 19.9 Å². The Labute approximate surface area is 126 Å².